The van der Waals surface area contributed by atoms with Gasteiger partial charge in [0, 0.05) is 119 Å². The van der Waals surface area contributed by atoms with Crippen LogP contribution in [0.15, 0.2) is 207 Å². The molecule has 1 saturated carbocycles. The number of aryl methyl sites for hydroxylation is 11. The first-order chi connectivity index (χ1) is 41.8. The normalized spacial score (nSPS) is 11.1. The Balaban J connectivity index is 0.000000480. The molecule has 0 saturated heterocycles. The van der Waals surface area contributed by atoms with E-state index in [1.807, 2.05) is 198 Å². The van der Waals surface area contributed by atoms with Gasteiger partial charge in [0.2, 0.25) is 0 Å². The maximum Gasteiger partial charge on any atom is 0.183 e. The van der Waals surface area contributed by atoms with Crippen LogP contribution in [-0.2, 0) is 0 Å². The lowest BCUT2D eigenvalue weighted by Gasteiger charge is -1.90. The van der Waals surface area contributed by atoms with E-state index in [2.05, 4.69) is 64.8 Å². The zero-order chi connectivity index (χ0) is 65.5. The molecule has 12 rings (SSSR count). The molecule has 1 aliphatic rings. The van der Waals surface area contributed by atoms with Gasteiger partial charge in [-0.15, -0.1) is 34.5 Å². The summed E-state index contributed by atoms with van der Waals surface area (Å²) >= 11 is 45.9. The monoisotopic (exact) mass is 1360 g/mol. The van der Waals surface area contributed by atoms with Crippen LogP contribution in [0.25, 0.3) is 0 Å². The minimum atomic E-state index is -0.347. The Hall–Kier alpha value is -6.69. The van der Waals surface area contributed by atoms with Crippen LogP contribution in [-0.4, -0.2) is 69.1 Å². The molecule has 0 radical (unpaired) electrons. The number of hydrogen-bond donors (Lipinski definition) is 0. The SMILES string of the molecule is CC1CC1(Cl)Cl.Cc1cc(Cl)ccn1.Cc1ccc(Cl)cn1.Cc1cccc(Cl)n1.Cc1ccccn1.Cc1cccnc1.Cc1ccnc(Cl)c1.Cc1ccncc1.Cc1ccncn1.Cc1csc(Cl)n1.Cc1ncccc1Cl.Cc1ncccn1. The smallest absolute Gasteiger partial charge is 0.183 e. The van der Waals surface area contributed by atoms with Gasteiger partial charge in [-0.05, 0) is 208 Å². The molecular formula is C66H73Cl8N13S. The molecule has 0 amide bonds. The van der Waals surface area contributed by atoms with Gasteiger partial charge in [0.15, 0.2) is 4.47 Å². The molecule has 1 unspecified atom stereocenters. The highest BCUT2D eigenvalue weighted by atomic mass is 35.5. The van der Waals surface area contributed by atoms with Gasteiger partial charge in [-0.25, -0.2) is 34.9 Å². The van der Waals surface area contributed by atoms with E-state index in [0.29, 0.717) is 25.7 Å². The van der Waals surface area contributed by atoms with Gasteiger partial charge in [0.05, 0.1) is 15.7 Å². The third-order valence-corrected chi connectivity index (χ3v) is 13.5. The zero-order valence-corrected chi connectivity index (χ0v) is 58.0. The number of pyridine rings is 8. The molecule has 464 valence electrons. The zero-order valence-electron chi connectivity index (χ0n) is 51.2. The first-order valence-electron chi connectivity index (χ1n) is 26.8. The number of thiazole rings is 1. The van der Waals surface area contributed by atoms with Crippen LogP contribution in [0.5, 0.6) is 0 Å². The van der Waals surface area contributed by atoms with Gasteiger partial charge in [0.1, 0.15) is 26.8 Å². The quantitative estimate of drug-likeness (QED) is 0.104. The summed E-state index contributed by atoms with van der Waals surface area (Å²) in [5.74, 6) is 1.35. The second-order valence-electron chi connectivity index (χ2n) is 18.3. The van der Waals surface area contributed by atoms with Crippen LogP contribution in [0.4, 0.5) is 0 Å². The second kappa shape index (κ2) is 48.3. The Morgan fingerprint density at radius 3 is 1.28 bits per heavy atom. The highest BCUT2D eigenvalue weighted by Gasteiger charge is 2.47. The Morgan fingerprint density at radius 2 is 0.989 bits per heavy atom. The van der Waals surface area contributed by atoms with Crippen molar-refractivity contribution in [1.29, 1.82) is 0 Å². The summed E-state index contributed by atoms with van der Waals surface area (Å²) in [6.45, 7) is 23.4. The summed E-state index contributed by atoms with van der Waals surface area (Å²) in [6.07, 6.45) is 23.4. The fourth-order valence-electron chi connectivity index (χ4n) is 5.16. The van der Waals surface area contributed by atoms with Crippen molar-refractivity contribution in [3.63, 3.8) is 0 Å². The van der Waals surface area contributed by atoms with Crippen LogP contribution in [0.1, 0.15) is 75.7 Å². The number of aromatic nitrogens is 13. The summed E-state index contributed by atoms with van der Waals surface area (Å²) in [5.41, 5.74) is 10.5. The van der Waals surface area contributed by atoms with Crippen molar-refractivity contribution in [3.8, 4) is 0 Å². The maximum absolute atomic E-state index is 5.65. The van der Waals surface area contributed by atoms with Crippen molar-refractivity contribution in [2.24, 2.45) is 5.92 Å². The summed E-state index contributed by atoms with van der Waals surface area (Å²) in [5, 5.41) is 5.21. The lowest BCUT2D eigenvalue weighted by Crippen LogP contribution is -1.81. The Bertz CT molecular complexity index is 3050. The predicted molar refractivity (Wildman–Crippen MR) is 370 cm³/mol. The van der Waals surface area contributed by atoms with Crippen LogP contribution in [0.3, 0.4) is 0 Å². The van der Waals surface area contributed by atoms with E-state index in [-0.39, 0.29) is 4.33 Å². The van der Waals surface area contributed by atoms with Gasteiger partial charge in [-0.2, -0.15) is 0 Å². The molecule has 11 aromatic heterocycles. The van der Waals surface area contributed by atoms with Crippen molar-refractivity contribution in [2.75, 3.05) is 0 Å². The van der Waals surface area contributed by atoms with Crippen LogP contribution >= 0.6 is 104 Å². The van der Waals surface area contributed by atoms with Gasteiger partial charge >= 0.3 is 0 Å². The molecule has 0 aromatic carbocycles. The summed E-state index contributed by atoms with van der Waals surface area (Å²) in [6, 6.07) is 37.6. The Labute approximate surface area is 563 Å². The molecule has 0 N–H and O–H groups in total. The fourth-order valence-corrected chi connectivity index (χ4v) is 7.29. The van der Waals surface area contributed by atoms with E-state index in [4.69, 9.17) is 92.8 Å². The summed E-state index contributed by atoms with van der Waals surface area (Å²) in [4.78, 5) is 50.5. The van der Waals surface area contributed by atoms with Crippen LogP contribution in [0.2, 0.25) is 29.8 Å². The molecule has 11 aromatic rings. The van der Waals surface area contributed by atoms with E-state index in [1.54, 1.807) is 86.4 Å². The molecule has 1 fully saturated rings. The lowest BCUT2D eigenvalue weighted by atomic mass is 10.3. The average Bonchev–Trinajstić information content (AvgIpc) is 4.11. The minimum Gasteiger partial charge on any atom is -0.265 e. The average molecular weight is 1360 g/mol. The number of halogens is 8. The van der Waals surface area contributed by atoms with E-state index in [9.17, 15) is 0 Å². The van der Waals surface area contributed by atoms with E-state index < -0.39 is 0 Å². The molecule has 0 bridgehead atoms. The van der Waals surface area contributed by atoms with Gasteiger partial charge < -0.3 is 0 Å². The highest BCUT2D eigenvalue weighted by Crippen LogP contribution is 2.52. The summed E-state index contributed by atoms with van der Waals surface area (Å²) in [7, 11) is 0. The fraction of sp³-hybridized carbons (Fsp3) is 0.227. The Morgan fingerprint density at radius 1 is 0.398 bits per heavy atom. The second-order valence-corrected chi connectivity index (χ2v) is 23.4. The number of hydrogen-bond acceptors (Lipinski definition) is 14. The van der Waals surface area contributed by atoms with Crippen molar-refractivity contribution >= 4 is 104 Å². The van der Waals surface area contributed by atoms with Gasteiger partial charge in [0.25, 0.3) is 0 Å². The van der Waals surface area contributed by atoms with E-state index >= 15 is 0 Å². The van der Waals surface area contributed by atoms with Gasteiger partial charge in [-0.1, -0.05) is 94.7 Å². The third-order valence-electron chi connectivity index (χ3n) is 10.0. The van der Waals surface area contributed by atoms with Crippen molar-refractivity contribution < 1.29 is 0 Å². The molecule has 0 spiro atoms. The van der Waals surface area contributed by atoms with Crippen LogP contribution in [0, 0.1) is 82.1 Å². The first kappa shape index (κ1) is 79.3. The first-order valence-corrected chi connectivity index (χ1v) is 30.7. The van der Waals surface area contributed by atoms with Crippen LogP contribution < -0.4 is 0 Å². The molecule has 88 heavy (non-hydrogen) atoms. The third kappa shape index (κ3) is 46.5. The predicted octanol–water partition coefficient (Wildman–Crippen LogP) is 20.3. The molecule has 13 nitrogen and oxygen atoms in total. The maximum atomic E-state index is 5.65. The van der Waals surface area contributed by atoms with E-state index in [1.165, 1.54) is 28.8 Å². The number of nitrogens with zero attached hydrogens (tertiary/aromatic N) is 13. The molecule has 1 atom stereocenters. The summed E-state index contributed by atoms with van der Waals surface area (Å²) < 4.78 is 0.275. The van der Waals surface area contributed by atoms with Crippen molar-refractivity contribution in [2.45, 2.75) is 93.8 Å². The molecular weight excluding hydrogens is 1290 g/mol. The largest absolute Gasteiger partial charge is 0.265 e. The van der Waals surface area contributed by atoms with Gasteiger partial charge in [-0.3, -0.25) is 29.9 Å². The highest BCUT2D eigenvalue weighted by molar-refractivity contribution is 7.13. The minimum absolute atomic E-state index is 0.347. The molecule has 22 heteroatoms. The topological polar surface area (TPSA) is 168 Å². The van der Waals surface area contributed by atoms with E-state index in [0.717, 1.165) is 67.7 Å². The Kier molecular flexibility index (Phi) is 43.5. The number of alkyl halides is 2. The lowest BCUT2D eigenvalue weighted by molar-refractivity contribution is 0.963. The number of rotatable bonds is 0. The standard InChI is InChI=1S/5C6H6ClN.3C6H7N.2C5H6N2.C4H6Cl2.C4H4ClNS/c1-5-4-6(7)2-3-8-5;1-5-2-3-6(7)4-8-5;1-5-2-3-8-6(7)4-5;1-5-6(7)3-2-4-8-5;1-5-3-2-4-6(7)8-5;1-6-2-4-7-5-3-6;1-6-3-2-4-7-5-6;1-6-4-2-3-5-7-6;1-5-2-3-6-4-7-5;1-5-6-3-2-4-7-5;1-3-2-4(3,5)6;1-3-2-7-4(5)6-3/h5*2-4H,1H3;3*2-5H,1H3;2*2-4H,1H3;3H,2H2,1H3;2H,1H3. The molecule has 0 aliphatic heterocycles. The van der Waals surface area contributed by atoms with Crippen molar-refractivity contribution in [3.05, 3.63) is 300 Å². The molecule has 1 aliphatic carbocycles. The van der Waals surface area contributed by atoms with Crippen molar-refractivity contribution in [1.82, 2.24) is 64.8 Å². The molecule has 11 heterocycles.